The van der Waals surface area contributed by atoms with E-state index in [1.54, 1.807) is 0 Å². The Kier molecular flexibility index (Phi) is 8.33. The van der Waals surface area contributed by atoms with Crippen molar-refractivity contribution in [2.75, 3.05) is 0 Å². The van der Waals surface area contributed by atoms with E-state index in [2.05, 4.69) is 273 Å². The van der Waals surface area contributed by atoms with E-state index in [0.29, 0.717) is 0 Å². The van der Waals surface area contributed by atoms with Crippen LogP contribution in [0.5, 0.6) is 0 Å². The van der Waals surface area contributed by atoms with Crippen molar-refractivity contribution in [3.8, 4) is 45.0 Å². The van der Waals surface area contributed by atoms with Crippen LogP contribution in [0, 0.1) is 0 Å². The molecule has 0 spiro atoms. The van der Waals surface area contributed by atoms with Crippen LogP contribution in [0.3, 0.4) is 0 Å². The van der Waals surface area contributed by atoms with E-state index in [1.165, 1.54) is 65.2 Å². The summed E-state index contributed by atoms with van der Waals surface area (Å²) in [6, 6.07) is 93.7. The molecule has 4 aromatic heterocycles. The second kappa shape index (κ2) is 15.1. The average molecular weight is 891 g/mol. The molecule has 0 aliphatic heterocycles. The third-order valence-electron chi connectivity index (χ3n) is 14.8. The first-order valence-electron chi connectivity index (χ1n) is 24.1. The fraction of sp³-hybridized carbons (Fsp3) is 0. The molecule has 0 aliphatic carbocycles. The van der Waals surface area contributed by atoms with Gasteiger partial charge in [-0.05, 0) is 96.1 Å². The van der Waals surface area contributed by atoms with Crippen molar-refractivity contribution in [3.63, 3.8) is 0 Å². The lowest BCUT2D eigenvalue weighted by atomic mass is 9.95. The standard InChI is InChI=1S/C66H42N4/c1-3-19-43(20-4-1)53-41-54(44-21-5-2-6-22-44)66(70-62-34-18-12-28-52(62)56-40-46(36-38-64(56)70)68-59-31-15-9-25-49(59)50-26-10-16-32-60(50)68)42-65(53)69-61-33-17-11-27-51(61)55-39-45(35-37-63(55)69)67-57-29-13-7-23-47(57)48-24-8-14-30-58(48)67/h1-42H. The first kappa shape index (κ1) is 38.7. The number of hydrogen-bond acceptors (Lipinski definition) is 0. The molecule has 15 rings (SSSR count). The number of nitrogens with zero attached hydrogens (tertiary/aromatic N) is 4. The summed E-state index contributed by atoms with van der Waals surface area (Å²) in [5, 5.41) is 9.86. The molecule has 0 radical (unpaired) electrons. The van der Waals surface area contributed by atoms with Crippen molar-refractivity contribution in [2.45, 2.75) is 0 Å². The molecule has 4 heteroatoms. The SMILES string of the molecule is c1ccc(-c2cc(-c3ccccc3)c(-n3c4ccccc4c4cc(-n5c6ccccc6c6ccccc65)ccc43)cc2-n2c3ccccc3c3cc(-n4c5ccccc5c5ccccc54)ccc32)cc1. The smallest absolute Gasteiger partial charge is 0.0561 e. The van der Waals surface area contributed by atoms with Crippen LogP contribution in [0.4, 0.5) is 0 Å². The molecule has 0 unspecified atom stereocenters. The van der Waals surface area contributed by atoms with E-state index in [1.807, 2.05) is 0 Å². The fourth-order valence-electron chi connectivity index (χ4n) is 11.8. The Balaban J connectivity index is 1.03. The molecule has 4 heterocycles. The van der Waals surface area contributed by atoms with Gasteiger partial charge in [0.05, 0.1) is 55.5 Å². The van der Waals surface area contributed by atoms with Gasteiger partial charge in [0.25, 0.3) is 0 Å². The highest BCUT2D eigenvalue weighted by atomic mass is 15.0. The zero-order chi connectivity index (χ0) is 45.9. The van der Waals surface area contributed by atoms with Crippen molar-refractivity contribution in [2.24, 2.45) is 0 Å². The van der Waals surface area contributed by atoms with Gasteiger partial charge in [0, 0.05) is 65.6 Å². The van der Waals surface area contributed by atoms with Crippen molar-refractivity contribution in [3.05, 3.63) is 255 Å². The van der Waals surface area contributed by atoms with Crippen LogP contribution in [-0.4, -0.2) is 18.3 Å². The van der Waals surface area contributed by atoms with Crippen LogP contribution in [0.15, 0.2) is 255 Å². The zero-order valence-electron chi connectivity index (χ0n) is 38.0. The van der Waals surface area contributed by atoms with Crippen molar-refractivity contribution >= 4 is 87.2 Å². The molecule has 0 aliphatic rings. The van der Waals surface area contributed by atoms with Crippen molar-refractivity contribution < 1.29 is 0 Å². The molecule has 0 saturated heterocycles. The van der Waals surface area contributed by atoms with E-state index in [0.717, 1.165) is 67.1 Å². The lowest BCUT2D eigenvalue weighted by Gasteiger charge is -2.21. The average Bonchev–Trinajstić information content (AvgIpc) is 4.16. The van der Waals surface area contributed by atoms with E-state index in [-0.39, 0.29) is 0 Å². The predicted molar refractivity (Wildman–Crippen MR) is 295 cm³/mol. The zero-order valence-corrected chi connectivity index (χ0v) is 38.0. The van der Waals surface area contributed by atoms with Crippen molar-refractivity contribution in [1.29, 1.82) is 0 Å². The maximum Gasteiger partial charge on any atom is 0.0561 e. The topological polar surface area (TPSA) is 19.7 Å². The van der Waals surface area contributed by atoms with Crippen LogP contribution < -0.4 is 0 Å². The highest BCUT2D eigenvalue weighted by molar-refractivity contribution is 6.15. The monoisotopic (exact) mass is 890 g/mol. The van der Waals surface area contributed by atoms with Gasteiger partial charge in [-0.25, -0.2) is 0 Å². The normalized spacial score (nSPS) is 12.0. The molecule has 0 saturated carbocycles. The number of benzene rings is 11. The van der Waals surface area contributed by atoms with Gasteiger partial charge in [0.1, 0.15) is 0 Å². The largest absolute Gasteiger partial charge is 0.309 e. The number of hydrogen-bond donors (Lipinski definition) is 0. The lowest BCUT2D eigenvalue weighted by Crippen LogP contribution is -2.04. The van der Waals surface area contributed by atoms with Crippen LogP contribution in [-0.2, 0) is 0 Å². The minimum absolute atomic E-state index is 1.12. The van der Waals surface area contributed by atoms with E-state index < -0.39 is 0 Å². The molecule has 0 bridgehead atoms. The Morgan fingerprint density at radius 2 is 0.457 bits per heavy atom. The van der Waals surface area contributed by atoms with Gasteiger partial charge >= 0.3 is 0 Å². The number of rotatable bonds is 6. The summed E-state index contributed by atoms with van der Waals surface area (Å²) >= 11 is 0. The Bertz CT molecular complexity index is 4180. The molecular weight excluding hydrogens is 849 g/mol. The molecule has 0 atom stereocenters. The molecule has 0 amide bonds. The second-order valence-electron chi connectivity index (χ2n) is 18.5. The highest BCUT2D eigenvalue weighted by Gasteiger charge is 2.24. The van der Waals surface area contributed by atoms with Gasteiger partial charge in [0.2, 0.25) is 0 Å². The number of fused-ring (bicyclic) bond motifs is 12. The minimum Gasteiger partial charge on any atom is -0.309 e. The third-order valence-corrected chi connectivity index (χ3v) is 14.8. The number of aromatic nitrogens is 4. The van der Waals surface area contributed by atoms with Gasteiger partial charge in [-0.2, -0.15) is 0 Å². The third kappa shape index (κ3) is 5.59. The second-order valence-corrected chi connectivity index (χ2v) is 18.5. The van der Waals surface area contributed by atoms with Crippen LogP contribution in [0.1, 0.15) is 0 Å². The summed E-state index contributed by atoms with van der Waals surface area (Å²) in [4.78, 5) is 0. The molecular formula is C66H42N4. The summed E-state index contributed by atoms with van der Waals surface area (Å²) in [6.07, 6.45) is 0. The number of para-hydroxylation sites is 6. The maximum atomic E-state index is 2.51. The Morgan fingerprint density at radius 1 is 0.186 bits per heavy atom. The lowest BCUT2D eigenvalue weighted by molar-refractivity contribution is 1.13. The van der Waals surface area contributed by atoms with Gasteiger partial charge in [0.15, 0.2) is 0 Å². The van der Waals surface area contributed by atoms with Crippen LogP contribution >= 0.6 is 0 Å². The summed E-state index contributed by atoms with van der Waals surface area (Å²) in [7, 11) is 0. The first-order valence-corrected chi connectivity index (χ1v) is 24.1. The Hall–Kier alpha value is -9.38. The highest BCUT2D eigenvalue weighted by Crippen LogP contribution is 2.45. The van der Waals surface area contributed by atoms with Crippen LogP contribution in [0.2, 0.25) is 0 Å². The Morgan fingerprint density at radius 3 is 0.800 bits per heavy atom. The predicted octanol–water partition coefficient (Wildman–Crippen LogP) is 17.4. The maximum absolute atomic E-state index is 2.51. The summed E-state index contributed by atoms with van der Waals surface area (Å²) < 4.78 is 9.87. The molecule has 4 nitrogen and oxygen atoms in total. The van der Waals surface area contributed by atoms with Crippen LogP contribution in [0.25, 0.3) is 132 Å². The molecule has 11 aromatic carbocycles. The summed E-state index contributed by atoms with van der Waals surface area (Å²) in [5.41, 5.74) is 18.6. The van der Waals surface area contributed by atoms with Gasteiger partial charge in [-0.1, -0.05) is 170 Å². The minimum atomic E-state index is 1.12. The molecule has 70 heavy (non-hydrogen) atoms. The van der Waals surface area contributed by atoms with Gasteiger partial charge < -0.3 is 18.3 Å². The summed E-state index contributed by atoms with van der Waals surface area (Å²) in [5.74, 6) is 0. The summed E-state index contributed by atoms with van der Waals surface area (Å²) in [6.45, 7) is 0. The van der Waals surface area contributed by atoms with E-state index in [9.17, 15) is 0 Å². The molecule has 0 fully saturated rings. The van der Waals surface area contributed by atoms with Crippen molar-refractivity contribution in [1.82, 2.24) is 18.3 Å². The molecule has 0 N–H and O–H groups in total. The van der Waals surface area contributed by atoms with Gasteiger partial charge in [-0.3, -0.25) is 0 Å². The molecule has 15 aromatic rings. The van der Waals surface area contributed by atoms with E-state index >= 15 is 0 Å². The fourth-order valence-corrected chi connectivity index (χ4v) is 11.8. The quantitative estimate of drug-likeness (QED) is 0.158. The molecule has 326 valence electrons. The first-order chi connectivity index (χ1) is 34.8. The van der Waals surface area contributed by atoms with E-state index in [4.69, 9.17) is 0 Å². The van der Waals surface area contributed by atoms with Gasteiger partial charge in [-0.15, -0.1) is 0 Å². The Labute approximate surface area is 403 Å².